The van der Waals surface area contributed by atoms with Gasteiger partial charge in [-0.1, -0.05) is 6.07 Å². The van der Waals surface area contributed by atoms with Crippen LogP contribution in [0.3, 0.4) is 0 Å². The van der Waals surface area contributed by atoms with Gasteiger partial charge in [0.1, 0.15) is 11.4 Å². The molecular formula is C10H9N3O. The van der Waals surface area contributed by atoms with Crippen LogP contribution in [0.2, 0.25) is 0 Å². The molecule has 0 aliphatic rings. The van der Waals surface area contributed by atoms with Crippen molar-refractivity contribution in [2.45, 2.75) is 6.92 Å². The first-order valence-electron chi connectivity index (χ1n) is 4.25. The molecule has 0 spiro atoms. The van der Waals surface area contributed by atoms with Gasteiger partial charge in [0.25, 0.3) is 0 Å². The number of ketones is 1. The van der Waals surface area contributed by atoms with E-state index in [1.54, 1.807) is 6.20 Å². The summed E-state index contributed by atoms with van der Waals surface area (Å²) in [5, 5.41) is 0. The Bertz CT molecular complexity index is 447. The number of Topliss-reactive ketones (excluding diaryl/α,β-unsaturated/α-hetero) is 1. The van der Waals surface area contributed by atoms with Crippen LogP contribution in [-0.4, -0.2) is 20.7 Å². The first-order chi connectivity index (χ1) is 6.77. The number of rotatable bonds is 2. The lowest BCUT2D eigenvalue weighted by atomic mass is 10.3. The Labute approximate surface area is 81.0 Å². The number of aromatic nitrogens is 3. The van der Waals surface area contributed by atoms with E-state index in [1.807, 2.05) is 18.2 Å². The van der Waals surface area contributed by atoms with Crippen molar-refractivity contribution in [3.05, 3.63) is 36.3 Å². The molecule has 0 bridgehead atoms. The van der Waals surface area contributed by atoms with E-state index < -0.39 is 0 Å². The molecule has 0 atom stereocenters. The van der Waals surface area contributed by atoms with E-state index in [-0.39, 0.29) is 5.78 Å². The number of imidazole rings is 1. The van der Waals surface area contributed by atoms with Crippen molar-refractivity contribution < 1.29 is 4.79 Å². The van der Waals surface area contributed by atoms with E-state index in [2.05, 4.69) is 15.0 Å². The van der Waals surface area contributed by atoms with Gasteiger partial charge in [-0.05, 0) is 12.1 Å². The van der Waals surface area contributed by atoms with E-state index in [4.69, 9.17) is 0 Å². The number of carbonyl (C=O) groups excluding carboxylic acids is 1. The van der Waals surface area contributed by atoms with Gasteiger partial charge in [-0.3, -0.25) is 9.78 Å². The summed E-state index contributed by atoms with van der Waals surface area (Å²) >= 11 is 0. The van der Waals surface area contributed by atoms with Crippen molar-refractivity contribution >= 4 is 5.78 Å². The molecule has 4 heteroatoms. The number of H-pyrrole nitrogens is 1. The molecule has 70 valence electrons. The maximum atomic E-state index is 11.0. The average molecular weight is 187 g/mol. The third-order valence-corrected chi connectivity index (χ3v) is 1.86. The van der Waals surface area contributed by atoms with Crippen molar-refractivity contribution in [3.8, 4) is 11.5 Å². The predicted molar refractivity (Wildman–Crippen MR) is 51.8 cm³/mol. The highest BCUT2D eigenvalue weighted by Crippen LogP contribution is 2.11. The smallest absolute Gasteiger partial charge is 0.177 e. The zero-order chi connectivity index (χ0) is 9.97. The van der Waals surface area contributed by atoms with Crippen molar-refractivity contribution in [1.82, 2.24) is 15.0 Å². The molecule has 0 aromatic carbocycles. The second kappa shape index (κ2) is 3.41. The van der Waals surface area contributed by atoms with Crippen molar-refractivity contribution in [2.24, 2.45) is 0 Å². The van der Waals surface area contributed by atoms with E-state index >= 15 is 0 Å². The predicted octanol–water partition coefficient (Wildman–Crippen LogP) is 1.67. The highest BCUT2D eigenvalue weighted by molar-refractivity contribution is 5.92. The highest BCUT2D eigenvalue weighted by Gasteiger charge is 2.06. The van der Waals surface area contributed by atoms with Crippen LogP contribution < -0.4 is 0 Å². The largest absolute Gasteiger partial charge is 0.334 e. The van der Waals surface area contributed by atoms with Crippen LogP contribution >= 0.6 is 0 Å². The number of hydrogen-bond donors (Lipinski definition) is 1. The molecule has 0 saturated heterocycles. The third-order valence-electron chi connectivity index (χ3n) is 1.86. The topological polar surface area (TPSA) is 58.6 Å². The average Bonchev–Trinajstić information content (AvgIpc) is 2.68. The summed E-state index contributed by atoms with van der Waals surface area (Å²) in [6.07, 6.45) is 3.21. The van der Waals surface area contributed by atoms with Gasteiger partial charge in [0.2, 0.25) is 0 Å². The van der Waals surface area contributed by atoms with E-state index in [1.165, 1.54) is 13.1 Å². The summed E-state index contributed by atoms with van der Waals surface area (Å²) in [5.41, 5.74) is 1.24. The fraction of sp³-hybridized carbons (Fsp3) is 0.100. The molecule has 0 aliphatic heterocycles. The molecule has 0 fully saturated rings. The van der Waals surface area contributed by atoms with Gasteiger partial charge < -0.3 is 4.98 Å². The molecule has 1 N–H and O–H groups in total. The summed E-state index contributed by atoms with van der Waals surface area (Å²) in [6.45, 7) is 1.50. The minimum atomic E-state index is -0.0281. The number of pyridine rings is 1. The SMILES string of the molecule is CC(=O)c1cnc(-c2ccccn2)[nH]1. The van der Waals surface area contributed by atoms with Gasteiger partial charge in [0.05, 0.1) is 6.20 Å². The first kappa shape index (κ1) is 8.62. The molecule has 0 saturated carbocycles. The van der Waals surface area contributed by atoms with Gasteiger partial charge in [-0.15, -0.1) is 0 Å². The lowest BCUT2D eigenvalue weighted by Crippen LogP contribution is -1.91. The maximum Gasteiger partial charge on any atom is 0.177 e. The molecular weight excluding hydrogens is 178 g/mol. The summed E-state index contributed by atoms with van der Waals surface area (Å²) in [7, 11) is 0. The molecule has 0 amide bonds. The fourth-order valence-corrected chi connectivity index (χ4v) is 1.13. The molecule has 0 unspecified atom stereocenters. The van der Waals surface area contributed by atoms with Crippen LogP contribution in [0.1, 0.15) is 17.4 Å². The van der Waals surface area contributed by atoms with Crippen molar-refractivity contribution in [3.63, 3.8) is 0 Å². The Morgan fingerprint density at radius 2 is 2.21 bits per heavy atom. The van der Waals surface area contributed by atoms with Gasteiger partial charge in [0.15, 0.2) is 11.6 Å². The van der Waals surface area contributed by atoms with Gasteiger partial charge in [-0.25, -0.2) is 4.98 Å². The van der Waals surface area contributed by atoms with Crippen LogP contribution in [0.5, 0.6) is 0 Å². The third kappa shape index (κ3) is 1.54. The lowest BCUT2D eigenvalue weighted by Gasteiger charge is -1.93. The number of nitrogens with zero attached hydrogens (tertiary/aromatic N) is 2. The minimum absolute atomic E-state index is 0.0281. The van der Waals surface area contributed by atoms with Crippen LogP contribution in [0, 0.1) is 0 Å². The standard InChI is InChI=1S/C10H9N3O/c1-7(14)9-6-12-10(13-9)8-4-2-3-5-11-8/h2-6H,1H3,(H,12,13). The summed E-state index contributed by atoms with van der Waals surface area (Å²) < 4.78 is 0. The van der Waals surface area contributed by atoms with E-state index in [9.17, 15) is 4.79 Å². The molecule has 14 heavy (non-hydrogen) atoms. The highest BCUT2D eigenvalue weighted by atomic mass is 16.1. The van der Waals surface area contributed by atoms with Gasteiger partial charge in [0, 0.05) is 13.1 Å². The fourth-order valence-electron chi connectivity index (χ4n) is 1.13. The molecule has 2 heterocycles. The molecule has 2 rings (SSSR count). The molecule has 0 aliphatic carbocycles. The molecule has 0 radical (unpaired) electrons. The van der Waals surface area contributed by atoms with E-state index in [0.717, 1.165) is 5.69 Å². The van der Waals surface area contributed by atoms with Crippen LogP contribution in [-0.2, 0) is 0 Å². The summed E-state index contributed by atoms with van der Waals surface area (Å²) in [6, 6.07) is 5.54. The Kier molecular flexibility index (Phi) is 2.10. The Hall–Kier alpha value is -1.97. The minimum Gasteiger partial charge on any atom is -0.334 e. The van der Waals surface area contributed by atoms with Crippen LogP contribution in [0.15, 0.2) is 30.6 Å². The number of carbonyl (C=O) groups is 1. The molecule has 2 aromatic heterocycles. The second-order valence-corrected chi connectivity index (χ2v) is 2.92. The summed E-state index contributed by atoms with van der Waals surface area (Å²) in [5.74, 6) is 0.593. The molecule has 4 nitrogen and oxygen atoms in total. The van der Waals surface area contributed by atoms with Gasteiger partial charge in [-0.2, -0.15) is 0 Å². The number of aromatic amines is 1. The van der Waals surface area contributed by atoms with Crippen LogP contribution in [0.25, 0.3) is 11.5 Å². The normalized spacial score (nSPS) is 10.1. The van der Waals surface area contributed by atoms with Crippen molar-refractivity contribution in [2.75, 3.05) is 0 Å². The van der Waals surface area contributed by atoms with Gasteiger partial charge >= 0.3 is 0 Å². The van der Waals surface area contributed by atoms with E-state index in [0.29, 0.717) is 11.5 Å². The Morgan fingerprint density at radius 3 is 2.79 bits per heavy atom. The second-order valence-electron chi connectivity index (χ2n) is 2.92. The first-order valence-corrected chi connectivity index (χ1v) is 4.25. The quantitative estimate of drug-likeness (QED) is 0.727. The zero-order valence-corrected chi connectivity index (χ0v) is 7.69. The Morgan fingerprint density at radius 1 is 1.36 bits per heavy atom. The number of hydrogen-bond acceptors (Lipinski definition) is 3. The summed E-state index contributed by atoms with van der Waals surface area (Å²) in [4.78, 5) is 22.1. The number of nitrogens with one attached hydrogen (secondary N) is 1. The lowest BCUT2D eigenvalue weighted by molar-refractivity contribution is 0.101. The zero-order valence-electron chi connectivity index (χ0n) is 7.69. The molecule has 2 aromatic rings. The Balaban J connectivity index is 2.39. The maximum absolute atomic E-state index is 11.0. The van der Waals surface area contributed by atoms with Crippen molar-refractivity contribution in [1.29, 1.82) is 0 Å². The monoisotopic (exact) mass is 187 g/mol. The van der Waals surface area contributed by atoms with Crippen LogP contribution in [0.4, 0.5) is 0 Å².